The van der Waals surface area contributed by atoms with Gasteiger partial charge in [-0.15, -0.1) is 0 Å². The quantitative estimate of drug-likeness (QED) is 0.629. The molecule has 0 aliphatic carbocycles. The number of nitrogens with zero attached hydrogens (tertiary/aromatic N) is 2. The maximum atomic E-state index is 12.5. The topological polar surface area (TPSA) is 84.0 Å². The van der Waals surface area contributed by atoms with Crippen LogP contribution in [0.4, 0.5) is 17.2 Å². The molecule has 2 aromatic carbocycles. The van der Waals surface area contributed by atoms with Crippen LogP contribution in [0.1, 0.15) is 0 Å². The number of aromatic nitrogens is 2. The van der Waals surface area contributed by atoms with Crippen molar-refractivity contribution in [2.75, 3.05) is 10.0 Å². The molecular formula is C16H12Cl2N4O2S. The van der Waals surface area contributed by atoms with E-state index in [4.69, 9.17) is 23.2 Å². The molecule has 0 atom stereocenters. The highest BCUT2D eigenvalue weighted by Gasteiger charge is 2.16. The van der Waals surface area contributed by atoms with E-state index in [1.807, 2.05) is 0 Å². The lowest BCUT2D eigenvalue weighted by atomic mass is 10.2. The Balaban J connectivity index is 1.93. The predicted molar refractivity (Wildman–Crippen MR) is 99.0 cm³/mol. The first kappa shape index (κ1) is 17.5. The molecule has 2 N–H and O–H groups in total. The summed E-state index contributed by atoms with van der Waals surface area (Å²) in [7, 11) is -3.73. The first-order valence-corrected chi connectivity index (χ1v) is 9.31. The predicted octanol–water partition coefficient (Wildman–Crippen LogP) is 4.33. The summed E-state index contributed by atoms with van der Waals surface area (Å²) in [5.41, 5.74) is 0.816. The van der Waals surface area contributed by atoms with Crippen LogP contribution in [-0.4, -0.2) is 18.4 Å². The Bertz CT molecular complexity index is 998. The second-order valence-corrected chi connectivity index (χ2v) is 7.35. The molecule has 0 spiro atoms. The standard InChI is InChI=1S/C16H12Cl2N4O2S/c17-12-10-19-16(18)21-15(12)20-13-8-4-5-9-14(13)22-25(23,24)11-6-2-1-3-7-11/h1-10,22H,(H,19,20,21). The fraction of sp³-hybridized carbons (Fsp3) is 0. The molecule has 0 radical (unpaired) electrons. The molecule has 25 heavy (non-hydrogen) atoms. The summed E-state index contributed by atoms with van der Waals surface area (Å²) in [5.74, 6) is 0.271. The Kier molecular flexibility index (Phi) is 5.08. The molecule has 1 heterocycles. The van der Waals surface area contributed by atoms with Crippen LogP contribution in [-0.2, 0) is 10.0 Å². The minimum Gasteiger partial charge on any atom is -0.337 e. The number of halogens is 2. The van der Waals surface area contributed by atoms with E-state index in [9.17, 15) is 8.42 Å². The fourth-order valence-electron chi connectivity index (χ4n) is 2.05. The van der Waals surface area contributed by atoms with Gasteiger partial charge in [0.15, 0.2) is 5.82 Å². The number of sulfonamides is 1. The lowest BCUT2D eigenvalue weighted by molar-refractivity contribution is 0.601. The molecule has 0 amide bonds. The van der Waals surface area contributed by atoms with Crippen molar-refractivity contribution < 1.29 is 8.42 Å². The molecule has 0 unspecified atom stereocenters. The van der Waals surface area contributed by atoms with Gasteiger partial charge in [-0.3, -0.25) is 4.72 Å². The van der Waals surface area contributed by atoms with Gasteiger partial charge in [-0.05, 0) is 35.9 Å². The molecule has 0 aliphatic heterocycles. The van der Waals surface area contributed by atoms with E-state index in [1.165, 1.54) is 18.3 Å². The third-order valence-electron chi connectivity index (χ3n) is 3.19. The zero-order valence-electron chi connectivity index (χ0n) is 12.6. The Morgan fingerprint density at radius 2 is 1.52 bits per heavy atom. The average molecular weight is 395 g/mol. The van der Waals surface area contributed by atoms with Gasteiger partial charge in [0.2, 0.25) is 5.28 Å². The third-order valence-corrected chi connectivity index (χ3v) is 5.03. The van der Waals surface area contributed by atoms with Crippen molar-refractivity contribution in [2.24, 2.45) is 0 Å². The Morgan fingerprint density at radius 3 is 2.24 bits per heavy atom. The maximum Gasteiger partial charge on any atom is 0.261 e. The molecule has 0 fully saturated rings. The van der Waals surface area contributed by atoms with Crippen LogP contribution in [0.25, 0.3) is 0 Å². The number of hydrogen-bond donors (Lipinski definition) is 2. The molecule has 6 nitrogen and oxygen atoms in total. The normalized spacial score (nSPS) is 11.1. The van der Waals surface area contributed by atoms with Crippen molar-refractivity contribution >= 4 is 50.4 Å². The zero-order valence-corrected chi connectivity index (χ0v) is 15.0. The molecule has 0 saturated heterocycles. The fourth-order valence-corrected chi connectivity index (χ4v) is 3.42. The Morgan fingerprint density at radius 1 is 0.880 bits per heavy atom. The maximum absolute atomic E-state index is 12.5. The van der Waals surface area contributed by atoms with E-state index in [1.54, 1.807) is 42.5 Å². The van der Waals surface area contributed by atoms with Gasteiger partial charge < -0.3 is 5.32 Å². The van der Waals surface area contributed by atoms with E-state index in [2.05, 4.69) is 20.0 Å². The number of anilines is 3. The second-order valence-electron chi connectivity index (χ2n) is 4.92. The molecule has 0 saturated carbocycles. The first-order valence-electron chi connectivity index (χ1n) is 7.08. The van der Waals surface area contributed by atoms with Gasteiger partial charge in [0.05, 0.1) is 22.5 Å². The summed E-state index contributed by atoms with van der Waals surface area (Å²) in [4.78, 5) is 7.93. The molecular weight excluding hydrogens is 383 g/mol. The number of rotatable bonds is 5. The molecule has 1 aromatic heterocycles. The number of nitrogens with one attached hydrogen (secondary N) is 2. The minimum absolute atomic E-state index is 0.0225. The zero-order chi connectivity index (χ0) is 17.9. The van der Waals surface area contributed by atoms with Crippen LogP contribution < -0.4 is 10.0 Å². The minimum atomic E-state index is -3.73. The number of para-hydroxylation sites is 2. The highest BCUT2D eigenvalue weighted by atomic mass is 35.5. The van der Waals surface area contributed by atoms with Gasteiger partial charge in [-0.2, -0.15) is 4.98 Å². The van der Waals surface area contributed by atoms with Crippen molar-refractivity contribution in [1.82, 2.24) is 9.97 Å². The smallest absolute Gasteiger partial charge is 0.261 e. The average Bonchev–Trinajstić information content (AvgIpc) is 2.60. The van der Waals surface area contributed by atoms with Crippen LogP contribution in [0.3, 0.4) is 0 Å². The van der Waals surface area contributed by atoms with Crippen molar-refractivity contribution in [3.63, 3.8) is 0 Å². The first-order chi connectivity index (χ1) is 12.0. The van der Waals surface area contributed by atoms with Crippen molar-refractivity contribution in [1.29, 1.82) is 0 Å². The summed E-state index contributed by atoms with van der Waals surface area (Å²) < 4.78 is 27.6. The summed E-state index contributed by atoms with van der Waals surface area (Å²) in [6.45, 7) is 0. The monoisotopic (exact) mass is 394 g/mol. The van der Waals surface area contributed by atoms with Gasteiger partial charge in [0.1, 0.15) is 5.02 Å². The molecule has 128 valence electrons. The van der Waals surface area contributed by atoms with E-state index < -0.39 is 10.0 Å². The van der Waals surface area contributed by atoms with E-state index in [-0.39, 0.29) is 21.0 Å². The number of hydrogen-bond acceptors (Lipinski definition) is 5. The second kappa shape index (κ2) is 7.26. The van der Waals surface area contributed by atoms with Gasteiger partial charge in [-0.1, -0.05) is 41.9 Å². The van der Waals surface area contributed by atoms with E-state index >= 15 is 0 Å². The number of benzene rings is 2. The van der Waals surface area contributed by atoms with Crippen LogP contribution >= 0.6 is 23.2 Å². The van der Waals surface area contributed by atoms with Crippen LogP contribution in [0.2, 0.25) is 10.3 Å². The molecule has 3 aromatic rings. The molecule has 0 bridgehead atoms. The summed E-state index contributed by atoms with van der Waals surface area (Å²) in [6, 6.07) is 14.9. The molecule has 9 heteroatoms. The SMILES string of the molecule is O=S(=O)(Nc1ccccc1Nc1nc(Cl)ncc1Cl)c1ccccc1. The summed E-state index contributed by atoms with van der Waals surface area (Å²) in [5, 5.41) is 3.24. The Hall–Kier alpha value is -2.35. The van der Waals surface area contributed by atoms with E-state index in [0.717, 1.165) is 0 Å². The Labute approximate surface area is 154 Å². The van der Waals surface area contributed by atoms with Crippen molar-refractivity contribution in [3.05, 3.63) is 71.1 Å². The van der Waals surface area contributed by atoms with Crippen LogP contribution in [0, 0.1) is 0 Å². The van der Waals surface area contributed by atoms with E-state index in [0.29, 0.717) is 11.4 Å². The van der Waals surface area contributed by atoms with Crippen molar-refractivity contribution in [3.8, 4) is 0 Å². The van der Waals surface area contributed by atoms with Gasteiger partial charge in [0.25, 0.3) is 10.0 Å². The highest BCUT2D eigenvalue weighted by Crippen LogP contribution is 2.30. The third kappa shape index (κ3) is 4.19. The molecule has 3 rings (SSSR count). The van der Waals surface area contributed by atoms with Crippen LogP contribution in [0.15, 0.2) is 65.7 Å². The van der Waals surface area contributed by atoms with Gasteiger partial charge in [0, 0.05) is 0 Å². The summed E-state index contributed by atoms with van der Waals surface area (Å²) >= 11 is 11.8. The molecule has 0 aliphatic rings. The van der Waals surface area contributed by atoms with Gasteiger partial charge >= 0.3 is 0 Å². The lowest BCUT2D eigenvalue weighted by Gasteiger charge is -2.14. The largest absolute Gasteiger partial charge is 0.337 e. The van der Waals surface area contributed by atoms with Gasteiger partial charge in [-0.25, -0.2) is 13.4 Å². The van der Waals surface area contributed by atoms with Crippen LogP contribution in [0.5, 0.6) is 0 Å². The summed E-state index contributed by atoms with van der Waals surface area (Å²) in [6.07, 6.45) is 1.36. The van der Waals surface area contributed by atoms with Crippen molar-refractivity contribution in [2.45, 2.75) is 4.90 Å². The highest BCUT2D eigenvalue weighted by molar-refractivity contribution is 7.92. The lowest BCUT2D eigenvalue weighted by Crippen LogP contribution is -2.14.